The molecule has 1 aromatic rings. The lowest BCUT2D eigenvalue weighted by molar-refractivity contribution is -0.120. The fourth-order valence-corrected chi connectivity index (χ4v) is 1.39. The molecular formula is C12H15F2NO2. The van der Waals surface area contributed by atoms with Crippen molar-refractivity contribution < 1.29 is 18.7 Å². The van der Waals surface area contributed by atoms with Gasteiger partial charge in [0, 0.05) is 18.7 Å². The Balaban J connectivity index is 2.43. The second kappa shape index (κ2) is 6.96. The summed E-state index contributed by atoms with van der Waals surface area (Å²) < 4.78 is 26.1. The second-order valence-corrected chi connectivity index (χ2v) is 3.67. The Bertz CT molecular complexity index is 383. The third-order valence-corrected chi connectivity index (χ3v) is 2.29. The lowest BCUT2D eigenvalue weighted by Gasteiger charge is -2.05. The van der Waals surface area contributed by atoms with E-state index in [1.807, 2.05) is 0 Å². The topological polar surface area (TPSA) is 49.3 Å². The maximum absolute atomic E-state index is 13.2. The summed E-state index contributed by atoms with van der Waals surface area (Å²) in [5, 5.41) is 11.1. The summed E-state index contributed by atoms with van der Waals surface area (Å²) in [4.78, 5) is 11.4. The first-order chi connectivity index (χ1) is 8.15. The van der Waals surface area contributed by atoms with Crippen molar-refractivity contribution in [3.8, 4) is 0 Å². The van der Waals surface area contributed by atoms with Crippen molar-refractivity contribution in [2.75, 3.05) is 13.2 Å². The molecule has 0 radical (unpaired) electrons. The van der Waals surface area contributed by atoms with Gasteiger partial charge in [-0.25, -0.2) is 8.78 Å². The third-order valence-electron chi connectivity index (χ3n) is 2.29. The average Bonchev–Trinajstić information content (AvgIpc) is 2.31. The maximum atomic E-state index is 13.2. The first kappa shape index (κ1) is 13.6. The second-order valence-electron chi connectivity index (χ2n) is 3.67. The van der Waals surface area contributed by atoms with Gasteiger partial charge >= 0.3 is 0 Å². The van der Waals surface area contributed by atoms with Gasteiger partial charge < -0.3 is 10.4 Å². The molecule has 0 saturated heterocycles. The minimum Gasteiger partial charge on any atom is -0.396 e. The van der Waals surface area contributed by atoms with E-state index in [-0.39, 0.29) is 24.5 Å². The number of hydrogen-bond acceptors (Lipinski definition) is 2. The molecule has 1 aromatic carbocycles. The zero-order valence-electron chi connectivity index (χ0n) is 9.38. The van der Waals surface area contributed by atoms with Crippen LogP contribution in [0.2, 0.25) is 0 Å². The standard InChI is InChI=1S/C12H15F2NO2/c13-10-5-3-4-9(12(10)14)8-11(17)15-6-1-2-7-16/h3-5,16H,1-2,6-8H2,(H,15,17). The summed E-state index contributed by atoms with van der Waals surface area (Å²) in [7, 11) is 0. The van der Waals surface area contributed by atoms with E-state index in [0.717, 1.165) is 6.07 Å². The van der Waals surface area contributed by atoms with Crippen molar-refractivity contribution in [2.45, 2.75) is 19.3 Å². The number of rotatable bonds is 6. The largest absolute Gasteiger partial charge is 0.396 e. The summed E-state index contributed by atoms with van der Waals surface area (Å²) in [5.41, 5.74) is 0.0460. The van der Waals surface area contributed by atoms with Gasteiger partial charge in [0.05, 0.1) is 6.42 Å². The van der Waals surface area contributed by atoms with E-state index in [0.29, 0.717) is 19.4 Å². The van der Waals surface area contributed by atoms with Gasteiger partial charge in [-0.3, -0.25) is 4.79 Å². The number of hydrogen-bond donors (Lipinski definition) is 2. The molecule has 5 heteroatoms. The Kier molecular flexibility index (Phi) is 5.56. The van der Waals surface area contributed by atoms with Crippen molar-refractivity contribution >= 4 is 5.91 Å². The van der Waals surface area contributed by atoms with Gasteiger partial charge in [0.15, 0.2) is 11.6 Å². The predicted octanol–water partition coefficient (Wildman–Crippen LogP) is 1.40. The molecule has 0 heterocycles. The molecule has 1 rings (SSSR count). The smallest absolute Gasteiger partial charge is 0.224 e. The Morgan fingerprint density at radius 1 is 1.29 bits per heavy atom. The van der Waals surface area contributed by atoms with E-state index >= 15 is 0 Å². The molecule has 0 spiro atoms. The van der Waals surface area contributed by atoms with Gasteiger partial charge in [-0.05, 0) is 18.9 Å². The average molecular weight is 243 g/mol. The molecule has 17 heavy (non-hydrogen) atoms. The van der Waals surface area contributed by atoms with E-state index in [2.05, 4.69) is 5.32 Å². The van der Waals surface area contributed by atoms with Crippen molar-refractivity contribution in [1.29, 1.82) is 0 Å². The van der Waals surface area contributed by atoms with Crippen LogP contribution in [0.3, 0.4) is 0 Å². The van der Waals surface area contributed by atoms with Crippen LogP contribution in [0.1, 0.15) is 18.4 Å². The maximum Gasteiger partial charge on any atom is 0.224 e. The molecule has 0 saturated carbocycles. The van der Waals surface area contributed by atoms with E-state index in [9.17, 15) is 13.6 Å². The Morgan fingerprint density at radius 2 is 2.06 bits per heavy atom. The highest BCUT2D eigenvalue weighted by molar-refractivity contribution is 5.78. The molecule has 0 atom stereocenters. The van der Waals surface area contributed by atoms with Gasteiger partial charge in [0.1, 0.15) is 0 Å². The van der Waals surface area contributed by atoms with E-state index in [4.69, 9.17) is 5.11 Å². The molecule has 0 bridgehead atoms. The molecule has 2 N–H and O–H groups in total. The number of carbonyl (C=O) groups is 1. The van der Waals surface area contributed by atoms with Crippen LogP contribution in [0.4, 0.5) is 8.78 Å². The molecule has 0 unspecified atom stereocenters. The van der Waals surface area contributed by atoms with Gasteiger partial charge in [-0.15, -0.1) is 0 Å². The monoisotopic (exact) mass is 243 g/mol. The molecule has 0 aliphatic carbocycles. The number of benzene rings is 1. The van der Waals surface area contributed by atoms with Crippen molar-refractivity contribution in [2.24, 2.45) is 0 Å². The first-order valence-electron chi connectivity index (χ1n) is 5.45. The number of unbranched alkanes of at least 4 members (excludes halogenated alkanes) is 1. The molecular weight excluding hydrogens is 228 g/mol. The van der Waals surface area contributed by atoms with Crippen LogP contribution in [0.5, 0.6) is 0 Å². The van der Waals surface area contributed by atoms with Gasteiger partial charge in [-0.1, -0.05) is 12.1 Å². The molecule has 1 amide bonds. The van der Waals surface area contributed by atoms with Crippen LogP contribution in [0.25, 0.3) is 0 Å². The molecule has 0 aromatic heterocycles. The zero-order chi connectivity index (χ0) is 12.7. The Hall–Kier alpha value is -1.49. The van der Waals surface area contributed by atoms with Crippen LogP contribution in [0.15, 0.2) is 18.2 Å². The van der Waals surface area contributed by atoms with Crippen molar-refractivity contribution in [3.05, 3.63) is 35.4 Å². The Morgan fingerprint density at radius 3 is 2.76 bits per heavy atom. The van der Waals surface area contributed by atoms with Gasteiger partial charge in [0.2, 0.25) is 5.91 Å². The van der Waals surface area contributed by atoms with Crippen molar-refractivity contribution in [3.63, 3.8) is 0 Å². The number of aliphatic hydroxyl groups is 1. The van der Waals surface area contributed by atoms with Crippen LogP contribution < -0.4 is 5.32 Å². The lowest BCUT2D eigenvalue weighted by Crippen LogP contribution is -2.26. The molecule has 3 nitrogen and oxygen atoms in total. The fourth-order valence-electron chi connectivity index (χ4n) is 1.39. The number of amides is 1. The highest BCUT2D eigenvalue weighted by atomic mass is 19.2. The van der Waals surface area contributed by atoms with Crippen LogP contribution in [-0.4, -0.2) is 24.2 Å². The first-order valence-corrected chi connectivity index (χ1v) is 5.45. The summed E-state index contributed by atoms with van der Waals surface area (Å²) in [6, 6.07) is 3.76. The van der Waals surface area contributed by atoms with Crippen molar-refractivity contribution in [1.82, 2.24) is 5.32 Å². The quantitative estimate of drug-likeness (QED) is 0.742. The number of nitrogens with one attached hydrogen (secondary N) is 1. The van der Waals surface area contributed by atoms with Crippen LogP contribution in [-0.2, 0) is 11.2 Å². The predicted molar refractivity (Wildman–Crippen MR) is 59.4 cm³/mol. The zero-order valence-corrected chi connectivity index (χ0v) is 9.38. The van der Waals surface area contributed by atoms with E-state index < -0.39 is 11.6 Å². The fraction of sp³-hybridized carbons (Fsp3) is 0.417. The molecule has 0 aliphatic rings. The number of carbonyl (C=O) groups excluding carboxylic acids is 1. The molecule has 0 aliphatic heterocycles. The molecule has 94 valence electrons. The molecule has 0 fully saturated rings. The van der Waals surface area contributed by atoms with Gasteiger partial charge in [-0.2, -0.15) is 0 Å². The normalized spacial score (nSPS) is 10.3. The SMILES string of the molecule is O=C(Cc1cccc(F)c1F)NCCCCO. The highest BCUT2D eigenvalue weighted by Crippen LogP contribution is 2.11. The lowest BCUT2D eigenvalue weighted by atomic mass is 10.1. The van der Waals surface area contributed by atoms with Gasteiger partial charge in [0.25, 0.3) is 0 Å². The van der Waals surface area contributed by atoms with Crippen LogP contribution in [0, 0.1) is 11.6 Å². The third kappa shape index (κ3) is 4.48. The summed E-state index contributed by atoms with van der Waals surface area (Å²) in [6.45, 7) is 0.505. The van der Waals surface area contributed by atoms with E-state index in [1.165, 1.54) is 12.1 Å². The summed E-state index contributed by atoms with van der Waals surface area (Å²) in [6.07, 6.45) is 1.09. The minimum atomic E-state index is -0.974. The number of halogens is 2. The summed E-state index contributed by atoms with van der Waals surface area (Å²) in [5.74, 6) is -2.28. The highest BCUT2D eigenvalue weighted by Gasteiger charge is 2.10. The minimum absolute atomic E-state index is 0.0460. The Labute approximate surface area is 98.5 Å². The summed E-state index contributed by atoms with van der Waals surface area (Å²) >= 11 is 0. The number of aliphatic hydroxyl groups excluding tert-OH is 1. The van der Waals surface area contributed by atoms with E-state index in [1.54, 1.807) is 0 Å². The van der Waals surface area contributed by atoms with Crippen LogP contribution >= 0.6 is 0 Å².